The average molecular weight is 256 g/mol. The first kappa shape index (κ1) is 14.7. The molecule has 0 aliphatic carbocycles. The fourth-order valence-electron chi connectivity index (χ4n) is 1.59. The third-order valence-corrected chi connectivity index (χ3v) is 2.62. The second-order valence-electron chi connectivity index (χ2n) is 3.77. The summed E-state index contributed by atoms with van der Waals surface area (Å²) in [6, 6.07) is 4.67. The monoisotopic (exact) mass is 256 g/mol. The number of benzene rings is 1. The lowest BCUT2D eigenvalue weighted by Crippen LogP contribution is -2.38. The first-order valence-corrected chi connectivity index (χ1v) is 5.55. The van der Waals surface area contributed by atoms with E-state index in [1.807, 2.05) is 0 Å². The number of nitrogens with one attached hydrogen (secondary N) is 1. The van der Waals surface area contributed by atoms with E-state index in [1.165, 1.54) is 14.2 Å². The van der Waals surface area contributed by atoms with Gasteiger partial charge in [0.25, 0.3) is 0 Å². The predicted molar refractivity (Wildman–Crippen MR) is 67.5 cm³/mol. The van der Waals surface area contributed by atoms with Crippen LogP contribution in [0.3, 0.4) is 0 Å². The highest BCUT2D eigenvalue weighted by Gasteiger charge is 2.21. The summed E-state index contributed by atoms with van der Waals surface area (Å²) >= 11 is 0. The summed E-state index contributed by atoms with van der Waals surface area (Å²) in [7, 11) is 4.59. The molecule has 2 atom stereocenters. The van der Waals surface area contributed by atoms with E-state index in [2.05, 4.69) is 5.48 Å². The minimum Gasteiger partial charge on any atom is -0.497 e. The molecular weight excluding hydrogens is 236 g/mol. The molecule has 0 heterocycles. The molecule has 0 amide bonds. The Balaban J connectivity index is 2.91. The summed E-state index contributed by atoms with van der Waals surface area (Å²) in [4.78, 5) is 4.70. The molecule has 0 aromatic heterocycles. The van der Waals surface area contributed by atoms with Crippen molar-refractivity contribution in [3.05, 3.63) is 23.8 Å². The van der Waals surface area contributed by atoms with Crippen LogP contribution in [-0.2, 0) is 4.84 Å². The second kappa shape index (κ2) is 7.17. The number of rotatable bonds is 7. The van der Waals surface area contributed by atoms with Crippen molar-refractivity contribution in [2.45, 2.75) is 12.1 Å². The van der Waals surface area contributed by atoms with Gasteiger partial charge in [-0.1, -0.05) is 0 Å². The zero-order valence-corrected chi connectivity index (χ0v) is 10.8. The van der Waals surface area contributed by atoms with E-state index in [4.69, 9.17) is 20.0 Å². The number of methoxy groups -OCH3 is 2. The van der Waals surface area contributed by atoms with Crippen molar-refractivity contribution in [2.24, 2.45) is 5.73 Å². The van der Waals surface area contributed by atoms with E-state index < -0.39 is 12.1 Å². The summed E-state index contributed by atoms with van der Waals surface area (Å²) in [5.74, 6) is 1.20. The van der Waals surface area contributed by atoms with E-state index in [1.54, 1.807) is 25.3 Å². The van der Waals surface area contributed by atoms with Crippen LogP contribution in [0, 0.1) is 0 Å². The highest BCUT2D eigenvalue weighted by Crippen LogP contribution is 2.30. The van der Waals surface area contributed by atoms with Gasteiger partial charge in [-0.2, -0.15) is 0 Å². The molecule has 0 aliphatic rings. The number of aliphatic hydroxyl groups is 1. The maximum Gasteiger partial charge on any atom is 0.124 e. The Hall–Kier alpha value is -1.34. The smallest absolute Gasteiger partial charge is 0.124 e. The van der Waals surface area contributed by atoms with Gasteiger partial charge in [0.15, 0.2) is 0 Å². The molecule has 0 radical (unpaired) electrons. The van der Waals surface area contributed by atoms with Crippen LogP contribution in [0.1, 0.15) is 11.7 Å². The molecule has 0 aliphatic heterocycles. The maximum absolute atomic E-state index is 10.2. The van der Waals surface area contributed by atoms with Gasteiger partial charge in [-0.3, -0.25) is 0 Å². The zero-order valence-electron chi connectivity index (χ0n) is 10.8. The van der Waals surface area contributed by atoms with Crippen LogP contribution in [0.15, 0.2) is 18.2 Å². The summed E-state index contributed by atoms with van der Waals surface area (Å²) in [5, 5.41) is 10.2. The summed E-state index contributed by atoms with van der Waals surface area (Å²) in [5.41, 5.74) is 9.05. The molecule has 1 aromatic carbocycles. The van der Waals surface area contributed by atoms with E-state index in [0.29, 0.717) is 23.6 Å². The number of ether oxygens (including phenoxy) is 2. The van der Waals surface area contributed by atoms with E-state index in [-0.39, 0.29) is 0 Å². The van der Waals surface area contributed by atoms with Crippen molar-refractivity contribution in [1.82, 2.24) is 5.48 Å². The molecule has 2 unspecified atom stereocenters. The van der Waals surface area contributed by atoms with Gasteiger partial charge in [-0.05, 0) is 18.2 Å². The van der Waals surface area contributed by atoms with Crippen molar-refractivity contribution in [3.8, 4) is 11.5 Å². The zero-order chi connectivity index (χ0) is 13.5. The molecule has 0 spiro atoms. The van der Waals surface area contributed by atoms with Crippen LogP contribution in [0.2, 0.25) is 0 Å². The van der Waals surface area contributed by atoms with Gasteiger partial charge in [0.05, 0.1) is 27.4 Å². The van der Waals surface area contributed by atoms with Crippen molar-refractivity contribution in [2.75, 3.05) is 27.9 Å². The van der Waals surface area contributed by atoms with Crippen molar-refractivity contribution >= 4 is 0 Å². The Morgan fingerprint density at radius 3 is 2.56 bits per heavy atom. The van der Waals surface area contributed by atoms with Crippen molar-refractivity contribution in [3.63, 3.8) is 0 Å². The highest BCUT2D eigenvalue weighted by atomic mass is 16.6. The highest BCUT2D eigenvalue weighted by molar-refractivity contribution is 5.42. The molecular formula is C12H20N2O4. The fourth-order valence-corrected chi connectivity index (χ4v) is 1.59. The maximum atomic E-state index is 10.2. The Labute approximate surface area is 107 Å². The first-order chi connectivity index (χ1) is 8.63. The molecule has 1 aromatic rings. The number of hydrogen-bond donors (Lipinski definition) is 3. The lowest BCUT2D eigenvalue weighted by Gasteiger charge is -2.21. The normalized spacial score (nSPS) is 14.1. The third-order valence-electron chi connectivity index (χ3n) is 2.62. The van der Waals surface area contributed by atoms with Gasteiger partial charge >= 0.3 is 0 Å². The second-order valence-corrected chi connectivity index (χ2v) is 3.77. The number of aliphatic hydroxyl groups excluding tert-OH is 1. The minimum absolute atomic E-state index is 0.317. The molecule has 4 N–H and O–H groups in total. The molecule has 0 saturated carbocycles. The van der Waals surface area contributed by atoms with Crippen LogP contribution in [0.5, 0.6) is 11.5 Å². The lowest BCUT2D eigenvalue weighted by molar-refractivity contribution is 0.0632. The predicted octanol–water partition coefficient (Wildman–Crippen LogP) is 0.216. The van der Waals surface area contributed by atoms with E-state index in [0.717, 1.165) is 0 Å². The van der Waals surface area contributed by atoms with Gasteiger partial charge in [0, 0.05) is 18.2 Å². The van der Waals surface area contributed by atoms with Crippen LogP contribution in [0.25, 0.3) is 0 Å². The average Bonchev–Trinajstić information content (AvgIpc) is 2.43. The molecule has 0 fully saturated rings. The van der Waals surface area contributed by atoms with Crippen LogP contribution in [-0.4, -0.2) is 39.0 Å². The van der Waals surface area contributed by atoms with Crippen LogP contribution in [0.4, 0.5) is 0 Å². The molecule has 0 bridgehead atoms. The first-order valence-electron chi connectivity index (χ1n) is 5.55. The number of nitrogens with two attached hydrogens (primary N) is 1. The van der Waals surface area contributed by atoms with Gasteiger partial charge in [0.2, 0.25) is 0 Å². The summed E-state index contributed by atoms with van der Waals surface area (Å²) in [6.45, 7) is 0.317. The molecule has 1 rings (SSSR count). The lowest BCUT2D eigenvalue weighted by atomic mass is 10.0. The van der Waals surface area contributed by atoms with Crippen molar-refractivity contribution < 1.29 is 19.4 Å². The Morgan fingerprint density at radius 2 is 2.00 bits per heavy atom. The number of hydrogen-bond acceptors (Lipinski definition) is 6. The van der Waals surface area contributed by atoms with Crippen LogP contribution < -0.4 is 20.7 Å². The molecule has 102 valence electrons. The third kappa shape index (κ3) is 3.58. The van der Waals surface area contributed by atoms with Gasteiger partial charge < -0.3 is 25.2 Å². The van der Waals surface area contributed by atoms with E-state index in [9.17, 15) is 5.11 Å². The van der Waals surface area contributed by atoms with Gasteiger partial charge in [0.1, 0.15) is 11.5 Å². The largest absolute Gasteiger partial charge is 0.497 e. The summed E-state index contributed by atoms with van der Waals surface area (Å²) < 4.78 is 10.3. The van der Waals surface area contributed by atoms with Crippen molar-refractivity contribution in [1.29, 1.82) is 0 Å². The SMILES string of the molecule is CONCC(N)C(O)c1cc(OC)ccc1OC. The minimum atomic E-state index is -0.877. The molecule has 6 nitrogen and oxygen atoms in total. The van der Waals surface area contributed by atoms with Crippen LogP contribution >= 0.6 is 0 Å². The standard InChI is InChI=1S/C12H20N2O4/c1-16-8-4-5-11(17-2)9(6-8)12(15)10(13)7-14-18-3/h4-6,10,12,14-15H,7,13H2,1-3H3. The van der Waals surface area contributed by atoms with E-state index >= 15 is 0 Å². The summed E-state index contributed by atoms with van der Waals surface area (Å²) in [6.07, 6.45) is -0.877. The Morgan fingerprint density at radius 1 is 1.28 bits per heavy atom. The Bertz CT molecular complexity index is 373. The van der Waals surface area contributed by atoms with Gasteiger partial charge in [-0.15, -0.1) is 0 Å². The number of hydroxylamine groups is 1. The molecule has 0 saturated heterocycles. The topological polar surface area (TPSA) is 86.0 Å². The fraction of sp³-hybridized carbons (Fsp3) is 0.500. The van der Waals surface area contributed by atoms with Gasteiger partial charge in [-0.25, -0.2) is 5.48 Å². The quantitative estimate of drug-likeness (QED) is 0.605. The molecule has 6 heteroatoms. The molecule has 18 heavy (non-hydrogen) atoms. The Kier molecular flexibility index (Phi) is 5.87.